The van der Waals surface area contributed by atoms with E-state index in [2.05, 4.69) is 0 Å². The molecule has 0 radical (unpaired) electrons. The summed E-state index contributed by atoms with van der Waals surface area (Å²) in [7, 11) is 3.38. The summed E-state index contributed by atoms with van der Waals surface area (Å²) < 4.78 is 5.51. The molecule has 0 saturated carbocycles. The number of hydrogen-bond acceptors (Lipinski definition) is 4. The molecule has 0 bridgehead atoms. The van der Waals surface area contributed by atoms with Crippen LogP contribution in [0.5, 0.6) is 0 Å². The van der Waals surface area contributed by atoms with E-state index in [4.69, 9.17) is 16.3 Å². The molecule has 90 valence electrons. The molecule has 1 aromatic rings. The van der Waals surface area contributed by atoms with E-state index < -0.39 is 0 Å². The second kappa shape index (κ2) is 6.11. The smallest absolute Gasteiger partial charge is 0.310 e. The molecular formula is C11H16ClNO2S. The molecule has 16 heavy (non-hydrogen) atoms. The first-order valence-corrected chi connectivity index (χ1v) is 6.32. The maximum absolute atomic E-state index is 11.4. The molecule has 0 aliphatic rings. The maximum Gasteiger partial charge on any atom is 0.310 e. The Morgan fingerprint density at radius 1 is 1.62 bits per heavy atom. The fourth-order valence-corrected chi connectivity index (χ4v) is 2.47. The van der Waals surface area contributed by atoms with Gasteiger partial charge < -0.3 is 9.64 Å². The molecule has 0 saturated heterocycles. The third kappa shape index (κ3) is 3.39. The Bertz CT molecular complexity index is 354. The van der Waals surface area contributed by atoms with Crippen LogP contribution in [-0.4, -0.2) is 26.7 Å². The molecule has 1 aromatic heterocycles. The van der Waals surface area contributed by atoms with Gasteiger partial charge in [0.05, 0.1) is 22.4 Å². The Morgan fingerprint density at radius 3 is 2.75 bits per heavy atom. The van der Waals surface area contributed by atoms with Crippen LogP contribution in [0.2, 0.25) is 4.34 Å². The van der Waals surface area contributed by atoms with Crippen molar-refractivity contribution >= 4 is 33.9 Å². The lowest BCUT2D eigenvalue weighted by atomic mass is 10.1. The summed E-state index contributed by atoms with van der Waals surface area (Å²) in [6.07, 6.45) is 0.774. The van der Waals surface area contributed by atoms with Crippen molar-refractivity contribution in [1.82, 2.24) is 0 Å². The number of thiophene rings is 1. The van der Waals surface area contributed by atoms with Gasteiger partial charge >= 0.3 is 5.97 Å². The summed E-state index contributed by atoms with van der Waals surface area (Å²) in [4.78, 5) is 13.5. The molecule has 1 atom stereocenters. The van der Waals surface area contributed by atoms with Crippen molar-refractivity contribution in [2.45, 2.75) is 13.3 Å². The molecule has 1 unspecified atom stereocenters. The van der Waals surface area contributed by atoms with Crippen LogP contribution in [0.4, 0.5) is 5.00 Å². The van der Waals surface area contributed by atoms with Crippen LogP contribution in [0.1, 0.15) is 13.3 Å². The number of esters is 1. The first kappa shape index (κ1) is 13.3. The Labute approximate surface area is 105 Å². The summed E-state index contributed by atoms with van der Waals surface area (Å²) in [5.74, 6) is -0.243. The van der Waals surface area contributed by atoms with Gasteiger partial charge in [0, 0.05) is 13.6 Å². The number of halogens is 1. The molecule has 1 rings (SSSR count). The fourth-order valence-electron chi connectivity index (χ4n) is 1.47. The monoisotopic (exact) mass is 261 g/mol. The van der Waals surface area contributed by atoms with Crippen molar-refractivity contribution in [2.24, 2.45) is 5.92 Å². The number of carbonyl (C=O) groups excluding carboxylic acids is 1. The van der Waals surface area contributed by atoms with Gasteiger partial charge in [-0.05, 0) is 18.6 Å². The van der Waals surface area contributed by atoms with E-state index in [0.717, 1.165) is 15.8 Å². The number of methoxy groups -OCH3 is 1. The third-order valence-electron chi connectivity index (χ3n) is 2.46. The highest BCUT2D eigenvalue weighted by Crippen LogP contribution is 2.29. The fraction of sp³-hybridized carbons (Fsp3) is 0.545. The quantitative estimate of drug-likeness (QED) is 0.763. The molecule has 0 aliphatic heterocycles. The molecule has 5 heteroatoms. The van der Waals surface area contributed by atoms with Gasteiger partial charge in [0.25, 0.3) is 0 Å². The normalized spacial score (nSPS) is 12.2. The van der Waals surface area contributed by atoms with Crippen molar-refractivity contribution < 1.29 is 9.53 Å². The van der Waals surface area contributed by atoms with Gasteiger partial charge in [-0.2, -0.15) is 0 Å². The van der Waals surface area contributed by atoms with E-state index in [1.807, 2.05) is 31.0 Å². The predicted molar refractivity (Wildman–Crippen MR) is 68.4 cm³/mol. The van der Waals surface area contributed by atoms with Crippen LogP contribution in [0.25, 0.3) is 0 Å². The molecular weight excluding hydrogens is 246 g/mol. The number of anilines is 1. The topological polar surface area (TPSA) is 29.5 Å². The summed E-state index contributed by atoms with van der Waals surface area (Å²) in [6.45, 7) is 2.64. The van der Waals surface area contributed by atoms with Crippen molar-refractivity contribution in [3.8, 4) is 0 Å². The molecule has 0 spiro atoms. The number of ether oxygens (including phenoxy) is 1. The van der Waals surface area contributed by atoms with E-state index in [0.29, 0.717) is 6.54 Å². The van der Waals surface area contributed by atoms with E-state index >= 15 is 0 Å². The van der Waals surface area contributed by atoms with Gasteiger partial charge in [0.2, 0.25) is 0 Å². The van der Waals surface area contributed by atoms with Crippen molar-refractivity contribution in [3.05, 3.63) is 16.5 Å². The van der Waals surface area contributed by atoms with Crippen molar-refractivity contribution in [2.75, 3.05) is 25.6 Å². The largest absolute Gasteiger partial charge is 0.469 e. The zero-order valence-corrected chi connectivity index (χ0v) is 11.3. The molecule has 3 nitrogen and oxygen atoms in total. The van der Waals surface area contributed by atoms with Crippen LogP contribution >= 0.6 is 22.9 Å². The summed E-state index contributed by atoms with van der Waals surface area (Å²) in [6, 6.07) is 3.81. The predicted octanol–water partition coefficient (Wildman–Crippen LogP) is 3.04. The summed E-state index contributed by atoms with van der Waals surface area (Å²) in [5, 5.41) is 1.06. The molecule has 1 heterocycles. The minimum Gasteiger partial charge on any atom is -0.469 e. The second-order valence-electron chi connectivity index (χ2n) is 3.59. The number of hydrogen-bond donors (Lipinski definition) is 0. The van der Waals surface area contributed by atoms with Gasteiger partial charge in [0.15, 0.2) is 0 Å². The first-order valence-electron chi connectivity index (χ1n) is 5.12. The van der Waals surface area contributed by atoms with Crippen molar-refractivity contribution in [3.63, 3.8) is 0 Å². The Balaban J connectivity index is 2.62. The van der Waals surface area contributed by atoms with E-state index in [9.17, 15) is 4.79 Å². The van der Waals surface area contributed by atoms with Crippen LogP contribution in [0.15, 0.2) is 12.1 Å². The maximum atomic E-state index is 11.4. The van der Waals surface area contributed by atoms with Gasteiger partial charge in [-0.3, -0.25) is 4.79 Å². The highest BCUT2D eigenvalue weighted by Gasteiger charge is 2.19. The molecule has 0 aliphatic carbocycles. The molecule has 0 aromatic carbocycles. The van der Waals surface area contributed by atoms with Gasteiger partial charge in [0.1, 0.15) is 0 Å². The minimum atomic E-state index is -0.156. The second-order valence-corrected chi connectivity index (χ2v) is 5.28. The Kier molecular flexibility index (Phi) is 5.09. The van der Waals surface area contributed by atoms with E-state index in [1.165, 1.54) is 18.4 Å². The molecule has 0 fully saturated rings. The zero-order chi connectivity index (χ0) is 12.1. The standard InChI is InChI=1S/C11H16ClNO2S/c1-4-8(11(14)15-3)7-13(2)10-6-5-9(12)16-10/h5-6,8H,4,7H2,1-3H3. The Morgan fingerprint density at radius 2 is 2.31 bits per heavy atom. The highest BCUT2D eigenvalue weighted by molar-refractivity contribution is 7.19. The van der Waals surface area contributed by atoms with Crippen LogP contribution in [-0.2, 0) is 9.53 Å². The van der Waals surface area contributed by atoms with Gasteiger partial charge in [-0.15, -0.1) is 11.3 Å². The molecule has 0 amide bonds. The zero-order valence-electron chi connectivity index (χ0n) is 9.70. The van der Waals surface area contributed by atoms with Gasteiger partial charge in [-0.25, -0.2) is 0 Å². The van der Waals surface area contributed by atoms with Gasteiger partial charge in [-0.1, -0.05) is 18.5 Å². The lowest BCUT2D eigenvalue weighted by Gasteiger charge is -2.21. The van der Waals surface area contributed by atoms with Crippen LogP contribution in [0, 0.1) is 5.92 Å². The number of carbonyl (C=O) groups is 1. The Hall–Kier alpha value is -0.740. The first-order chi connectivity index (χ1) is 7.58. The number of rotatable bonds is 5. The minimum absolute atomic E-state index is 0.0872. The van der Waals surface area contributed by atoms with Crippen LogP contribution in [0.3, 0.4) is 0 Å². The van der Waals surface area contributed by atoms with E-state index in [-0.39, 0.29) is 11.9 Å². The summed E-state index contributed by atoms with van der Waals surface area (Å²) >= 11 is 7.37. The SMILES string of the molecule is CCC(CN(C)c1ccc(Cl)s1)C(=O)OC. The molecule has 0 N–H and O–H groups in total. The highest BCUT2D eigenvalue weighted by atomic mass is 35.5. The third-order valence-corrected chi connectivity index (χ3v) is 3.80. The summed E-state index contributed by atoms with van der Waals surface area (Å²) in [5.41, 5.74) is 0. The van der Waals surface area contributed by atoms with Crippen molar-refractivity contribution in [1.29, 1.82) is 0 Å². The lowest BCUT2D eigenvalue weighted by molar-refractivity contribution is -0.145. The number of nitrogens with zero attached hydrogens (tertiary/aromatic N) is 1. The average Bonchev–Trinajstić information content (AvgIpc) is 2.71. The average molecular weight is 262 g/mol. The van der Waals surface area contributed by atoms with Crippen LogP contribution < -0.4 is 4.90 Å². The lowest BCUT2D eigenvalue weighted by Crippen LogP contribution is -2.30. The van der Waals surface area contributed by atoms with E-state index in [1.54, 1.807) is 0 Å².